The number of nitrogens with zero attached hydrogens (tertiary/aromatic N) is 6. The molecule has 0 saturated carbocycles. The number of aromatic nitrogens is 2. The monoisotopic (exact) mass is 630 g/mol. The smallest absolute Gasteiger partial charge is 0.287 e. The summed E-state index contributed by atoms with van der Waals surface area (Å²) in [6.07, 6.45) is -1.78. The van der Waals surface area contributed by atoms with Crippen molar-refractivity contribution in [2.45, 2.75) is 38.3 Å². The fraction of sp³-hybridized carbons (Fsp3) is 0.286. The molecular formula is C28H25F3N6O4S2. The van der Waals surface area contributed by atoms with Gasteiger partial charge in [0.2, 0.25) is 0 Å². The van der Waals surface area contributed by atoms with Gasteiger partial charge in [0.05, 0.1) is 18.3 Å². The van der Waals surface area contributed by atoms with Crippen molar-refractivity contribution in [3.8, 4) is 0 Å². The second kappa shape index (κ2) is 13.3. The third-order valence-corrected chi connectivity index (χ3v) is 8.58. The molecular weight excluding hydrogens is 605 g/mol. The molecule has 2 aromatic heterocycles. The minimum absolute atomic E-state index is 0.0389. The van der Waals surface area contributed by atoms with Gasteiger partial charge in [-0.1, -0.05) is 66.3 Å². The van der Waals surface area contributed by atoms with Crippen molar-refractivity contribution in [3.63, 3.8) is 0 Å². The molecule has 0 saturated heterocycles. The molecule has 0 aliphatic heterocycles. The second-order valence-electron chi connectivity index (χ2n) is 9.50. The summed E-state index contributed by atoms with van der Waals surface area (Å²) >= 11 is 1.75. The van der Waals surface area contributed by atoms with Gasteiger partial charge in [-0.15, -0.1) is 9.81 Å². The van der Waals surface area contributed by atoms with Crippen LogP contribution >= 0.6 is 22.7 Å². The zero-order chi connectivity index (χ0) is 31.3. The molecule has 2 amide bonds. The van der Waals surface area contributed by atoms with Gasteiger partial charge in [0.1, 0.15) is 0 Å². The Labute approximate surface area is 252 Å². The number of halogens is 3. The van der Waals surface area contributed by atoms with E-state index in [9.17, 15) is 32.6 Å². The van der Waals surface area contributed by atoms with E-state index >= 15 is 0 Å². The number of nitroso groups, excluding NO2 is 2. The van der Waals surface area contributed by atoms with Crippen LogP contribution < -0.4 is 9.80 Å². The summed E-state index contributed by atoms with van der Waals surface area (Å²) in [6, 6.07) is 10.1. The molecule has 0 aliphatic rings. The van der Waals surface area contributed by atoms with Gasteiger partial charge in [-0.3, -0.25) is 19.4 Å². The Balaban J connectivity index is 1.71. The largest absolute Gasteiger partial charge is 0.396 e. The maximum atomic E-state index is 14.6. The number of benzene rings is 2. The maximum Gasteiger partial charge on any atom is 0.396 e. The number of rotatable bonds is 11. The summed E-state index contributed by atoms with van der Waals surface area (Å²) in [5, 5.41) is 6.05. The predicted molar refractivity (Wildman–Crippen MR) is 160 cm³/mol. The first-order valence-electron chi connectivity index (χ1n) is 12.9. The van der Waals surface area contributed by atoms with Crippen molar-refractivity contribution in [1.82, 2.24) is 9.97 Å². The van der Waals surface area contributed by atoms with E-state index in [-0.39, 0.29) is 42.5 Å². The fourth-order valence-electron chi connectivity index (χ4n) is 4.49. The Kier molecular flexibility index (Phi) is 9.76. The summed E-state index contributed by atoms with van der Waals surface area (Å²) in [7, 11) is 2.83. The molecule has 0 bridgehead atoms. The minimum atomic E-state index is -4.72. The maximum absolute atomic E-state index is 14.6. The number of hydrogen-bond acceptors (Lipinski definition) is 10. The molecule has 43 heavy (non-hydrogen) atoms. The van der Waals surface area contributed by atoms with E-state index < -0.39 is 30.3 Å². The van der Waals surface area contributed by atoms with Crippen molar-refractivity contribution < 1.29 is 22.8 Å². The van der Waals surface area contributed by atoms with Gasteiger partial charge in [-0.25, -0.2) is 9.97 Å². The van der Waals surface area contributed by atoms with E-state index in [0.29, 0.717) is 18.4 Å². The number of aryl methyl sites for hydroxylation is 1. The molecule has 1 unspecified atom stereocenters. The van der Waals surface area contributed by atoms with Gasteiger partial charge in [0.15, 0.2) is 20.3 Å². The molecule has 4 rings (SSSR count). The SMILES string of the molecule is CCCc1ccc(C(Cc2ccccc2C(=O)N(C)c2ncc(N=O)s2)C(F)(F)F)cc1C(=O)N(C)c1ncc(N=O)s1. The molecule has 0 fully saturated rings. The zero-order valence-corrected chi connectivity index (χ0v) is 24.8. The molecule has 224 valence electrons. The molecule has 2 heterocycles. The molecule has 0 spiro atoms. The minimum Gasteiger partial charge on any atom is -0.287 e. The van der Waals surface area contributed by atoms with Gasteiger partial charge in [-0.05, 0) is 52.0 Å². The first-order valence-corrected chi connectivity index (χ1v) is 14.5. The summed E-state index contributed by atoms with van der Waals surface area (Å²) in [4.78, 5) is 58.8. The van der Waals surface area contributed by atoms with E-state index in [0.717, 1.165) is 27.6 Å². The quantitative estimate of drug-likeness (QED) is 0.156. The average Bonchev–Trinajstić information content (AvgIpc) is 3.69. The topological polar surface area (TPSA) is 125 Å². The van der Waals surface area contributed by atoms with Gasteiger partial charge in [0.25, 0.3) is 11.8 Å². The van der Waals surface area contributed by atoms with Crippen molar-refractivity contribution in [2.75, 3.05) is 23.9 Å². The number of alkyl halides is 3. The second-order valence-corrected chi connectivity index (χ2v) is 11.5. The van der Waals surface area contributed by atoms with Crippen LogP contribution in [0.3, 0.4) is 0 Å². The van der Waals surface area contributed by atoms with E-state index in [2.05, 4.69) is 20.3 Å². The number of anilines is 2. The predicted octanol–water partition coefficient (Wildman–Crippen LogP) is 7.79. The molecule has 0 aliphatic carbocycles. The fourth-order valence-corrected chi connectivity index (χ4v) is 5.80. The molecule has 4 aromatic rings. The van der Waals surface area contributed by atoms with Crippen LogP contribution in [0.2, 0.25) is 0 Å². The zero-order valence-electron chi connectivity index (χ0n) is 23.2. The van der Waals surface area contributed by atoms with Crippen LogP contribution in [0.25, 0.3) is 0 Å². The number of amides is 2. The van der Waals surface area contributed by atoms with Gasteiger partial charge in [-0.2, -0.15) is 13.2 Å². The highest BCUT2D eigenvalue weighted by atomic mass is 32.1. The number of carbonyl (C=O) groups excluding carboxylic acids is 2. The number of hydrogen-bond donors (Lipinski definition) is 0. The van der Waals surface area contributed by atoms with Crippen LogP contribution in [0, 0.1) is 9.81 Å². The van der Waals surface area contributed by atoms with Crippen LogP contribution in [0.5, 0.6) is 0 Å². The first kappa shape index (κ1) is 31.6. The first-order chi connectivity index (χ1) is 20.5. The number of carbonyl (C=O) groups is 2. The lowest BCUT2D eigenvalue weighted by Gasteiger charge is -2.24. The molecule has 2 aromatic carbocycles. The molecule has 0 N–H and O–H groups in total. The molecule has 1 atom stereocenters. The highest BCUT2D eigenvalue weighted by Gasteiger charge is 2.42. The number of thiazole rings is 2. The highest BCUT2D eigenvalue weighted by molar-refractivity contribution is 7.19. The van der Waals surface area contributed by atoms with Crippen LogP contribution in [0.1, 0.15) is 56.7 Å². The Bertz CT molecular complexity index is 1660. The Morgan fingerprint density at radius 2 is 1.42 bits per heavy atom. The Morgan fingerprint density at radius 1 is 0.860 bits per heavy atom. The third-order valence-electron chi connectivity index (χ3n) is 6.68. The van der Waals surface area contributed by atoms with Crippen molar-refractivity contribution in [3.05, 3.63) is 92.5 Å². The van der Waals surface area contributed by atoms with E-state index in [1.807, 2.05) is 6.92 Å². The van der Waals surface area contributed by atoms with E-state index in [1.165, 1.54) is 61.7 Å². The normalized spacial score (nSPS) is 12.0. The summed E-state index contributed by atoms with van der Waals surface area (Å²) in [5.41, 5.74) is 0.692. The average molecular weight is 631 g/mol. The molecule has 15 heteroatoms. The van der Waals surface area contributed by atoms with Crippen molar-refractivity contribution in [1.29, 1.82) is 0 Å². The lowest BCUT2D eigenvalue weighted by atomic mass is 9.87. The van der Waals surface area contributed by atoms with Gasteiger partial charge >= 0.3 is 6.18 Å². The van der Waals surface area contributed by atoms with Gasteiger partial charge < -0.3 is 0 Å². The third kappa shape index (κ3) is 7.00. The van der Waals surface area contributed by atoms with Crippen LogP contribution in [-0.2, 0) is 12.8 Å². The molecule has 0 radical (unpaired) electrons. The van der Waals surface area contributed by atoms with E-state index in [1.54, 1.807) is 12.1 Å². The summed E-state index contributed by atoms with van der Waals surface area (Å²) < 4.78 is 43.9. The van der Waals surface area contributed by atoms with Crippen LogP contribution in [-0.4, -0.2) is 42.1 Å². The van der Waals surface area contributed by atoms with Crippen LogP contribution in [0.4, 0.5) is 33.4 Å². The standard InChI is InChI=1S/C28H25F3N6O4S2/c1-4-7-16-10-11-18(12-20(16)25(39)37(3)27-33-15-23(35-41)43-27)21(28(29,30)31)13-17-8-5-6-9-19(17)24(38)36(2)26-32-14-22(34-40)42-26/h5-6,8-12,14-15,21H,4,7,13H2,1-3H3. The Morgan fingerprint density at radius 3 is 1.93 bits per heavy atom. The van der Waals surface area contributed by atoms with Crippen molar-refractivity contribution in [2.24, 2.45) is 10.4 Å². The van der Waals surface area contributed by atoms with Gasteiger partial charge in [0, 0.05) is 25.2 Å². The summed E-state index contributed by atoms with van der Waals surface area (Å²) in [5.74, 6) is -3.23. The van der Waals surface area contributed by atoms with Crippen molar-refractivity contribution >= 4 is 54.8 Å². The van der Waals surface area contributed by atoms with E-state index in [4.69, 9.17) is 0 Å². The van der Waals surface area contributed by atoms with Crippen LogP contribution in [0.15, 0.2) is 65.2 Å². The summed E-state index contributed by atoms with van der Waals surface area (Å²) in [6.45, 7) is 1.89. The highest BCUT2D eigenvalue weighted by Crippen LogP contribution is 2.40. The lowest BCUT2D eigenvalue weighted by molar-refractivity contribution is -0.150. The Hall–Kier alpha value is -4.37. The molecule has 10 nitrogen and oxygen atoms in total. The lowest BCUT2D eigenvalue weighted by Crippen LogP contribution is -2.29.